The van der Waals surface area contributed by atoms with E-state index in [0.29, 0.717) is 11.3 Å². The third kappa shape index (κ3) is 6.39. The molecule has 0 aliphatic rings. The predicted molar refractivity (Wildman–Crippen MR) is 120 cm³/mol. The standard InChI is InChI=1S/C21H28FN5O5S/c1-14-18(12-15-6-8-17(9-7-15)33(31,32)26(4)5)19(20(28)25(2)3)24-27(14)13-16(22)10-11-23-21(29)30/h6-10,23H,11-13H2,1-5H3,(H,29,30)/b16-10-. The van der Waals surface area contributed by atoms with Crippen molar-refractivity contribution in [2.45, 2.75) is 24.8 Å². The number of aromatic nitrogens is 2. The highest BCUT2D eigenvalue weighted by molar-refractivity contribution is 7.89. The maximum atomic E-state index is 14.3. The van der Waals surface area contributed by atoms with Crippen LogP contribution in [0.1, 0.15) is 27.3 Å². The van der Waals surface area contributed by atoms with E-state index in [1.807, 2.05) is 5.32 Å². The maximum absolute atomic E-state index is 14.3. The Labute approximate surface area is 192 Å². The number of hydrogen-bond donors (Lipinski definition) is 2. The highest BCUT2D eigenvalue weighted by atomic mass is 32.2. The summed E-state index contributed by atoms with van der Waals surface area (Å²) in [6.45, 7) is 1.25. The van der Waals surface area contributed by atoms with Crippen molar-refractivity contribution in [3.05, 3.63) is 58.7 Å². The second-order valence-electron chi connectivity index (χ2n) is 7.71. The first-order valence-corrected chi connectivity index (χ1v) is 11.4. The van der Waals surface area contributed by atoms with Crippen molar-refractivity contribution in [2.24, 2.45) is 0 Å². The Hall–Kier alpha value is -3.25. The minimum Gasteiger partial charge on any atom is -0.465 e. The zero-order chi connectivity index (χ0) is 24.9. The van der Waals surface area contributed by atoms with E-state index in [1.165, 1.54) is 35.8 Å². The van der Waals surface area contributed by atoms with Crippen LogP contribution in [0.3, 0.4) is 0 Å². The lowest BCUT2D eigenvalue weighted by Crippen LogP contribution is -2.23. The molecule has 0 saturated heterocycles. The summed E-state index contributed by atoms with van der Waals surface area (Å²) in [5, 5.41) is 14.9. The van der Waals surface area contributed by atoms with E-state index in [4.69, 9.17) is 5.11 Å². The van der Waals surface area contributed by atoms with Crippen molar-refractivity contribution < 1.29 is 27.5 Å². The Morgan fingerprint density at radius 3 is 2.30 bits per heavy atom. The van der Waals surface area contributed by atoms with Gasteiger partial charge in [0.15, 0.2) is 5.69 Å². The molecule has 2 amide bonds. The number of carboxylic acid groups (broad SMARTS) is 1. The number of carbonyl (C=O) groups excluding carboxylic acids is 1. The first-order chi connectivity index (χ1) is 15.3. The normalized spacial score (nSPS) is 12.2. The summed E-state index contributed by atoms with van der Waals surface area (Å²) in [6, 6.07) is 6.32. The fourth-order valence-corrected chi connectivity index (χ4v) is 3.89. The molecule has 1 aromatic carbocycles. The number of amides is 2. The van der Waals surface area contributed by atoms with E-state index in [9.17, 15) is 22.4 Å². The van der Waals surface area contributed by atoms with E-state index in [0.717, 1.165) is 15.9 Å². The second kappa shape index (κ2) is 10.6. The number of allylic oxidation sites excluding steroid dienone is 1. The fourth-order valence-electron chi connectivity index (χ4n) is 2.98. The molecule has 2 aromatic rings. The average molecular weight is 482 g/mol. The van der Waals surface area contributed by atoms with Crippen LogP contribution in [-0.2, 0) is 23.0 Å². The lowest BCUT2D eigenvalue weighted by molar-refractivity contribution is 0.0820. The van der Waals surface area contributed by atoms with Crippen molar-refractivity contribution in [3.63, 3.8) is 0 Å². The molecule has 10 nitrogen and oxygen atoms in total. The van der Waals surface area contributed by atoms with Gasteiger partial charge in [-0.2, -0.15) is 5.10 Å². The highest BCUT2D eigenvalue weighted by Crippen LogP contribution is 2.22. The van der Waals surface area contributed by atoms with Crippen molar-refractivity contribution in [1.29, 1.82) is 0 Å². The third-order valence-electron chi connectivity index (χ3n) is 4.90. The van der Waals surface area contributed by atoms with E-state index in [2.05, 4.69) is 5.10 Å². The van der Waals surface area contributed by atoms with E-state index in [-0.39, 0.29) is 36.0 Å². The van der Waals surface area contributed by atoms with Crippen molar-refractivity contribution >= 4 is 22.0 Å². The van der Waals surface area contributed by atoms with Gasteiger partial charge in [0.05, 0.1) is 11.4 Å². The first-order valence-electron chi connectivity index (χ1n) is 9.95. The number of nitrogens with one attached hydrogen (secondary N) is 1. The minimum absolute atomic E-state index is 0.149. The molecule has 180 valence electrons. The van der Waals surface area contributed by atoms with Crippen LogP contribution in [0, 0.1) is 6.92 Å². The number of carbonyl (C=O) groups is 2. The van der Waals surface area contributed by atoms with Gasteiger partial charge in [0.1, 0.15) is 5.83 Å². The first kappa shape index (κ1) is 26.0. The fraction of sp³-hybridized carbons (Fsp3) is 0.381. The number of hydrogen-bond acceptors (Lipinski definition) is 5. The van der Waals surface area contributed by atoms with E-state index in [1.54, 1.807) is 33.2 Å². The van der Waals surface area contributed by atoms with Gasteiger partial charge < -0.3 is 15.3 Å². The van der Waals surface area contributed by atoms with Crippen LogP contribution in [0.25, 0.3) is 0 Å². The topological polar surface area (TPSA) is 125 Å². The summed E-state index contributed by atoms with van der Waals surface area (Å²) in [5.74, 6) is -0.960. The Morgan fingerprint density at radius 1 is 1.18 bits per heavy atom. The van der Waals surface area contributed by atoms with Crippen LogP contribution in [0.4, 0.5) is 9.18 Å². The van der Waals surface area contributed by atoms with Gasteiger partial charge in [-0.3, -0.25) is 9.48 Å². The van der Waals surface area contributed by atoms with Crippen molar-refractivity contribution in [2.75, 3.05) is 34.7 Å². The van der Waals surface area contributed by atoms with E-state index >= 15 is 0 Å². The third-order valence-corrected chi connectivity index (χ3v) is 6.73. The number of sulfonamides is 1. The molecule has 2 N–H and O–H groups in total. The number of benzene rings is 1. The molecule has 0 fully saturated rings. The van der Waals surface area contributed by atoms with Gasteiger partial charge >= 0.3 is 6.09 Å². The van der Waals surface area contributed by atoms with Crippen LogP contribution in [0.5, 0.6) is 0 Å². The second-order valence-corrected chi connectivity index (χ2v) is 9.87. The summed E-state index contributed by atoms with van der Waals surface area (Å²) in [6.07, 6.45) is 0.112. The summed E-state index contributed by atoms with van der Waals surface area (Å²) in [4.78, 5) is 24.7. The molecule has 0 saturated carbocycles. The predicted octanol–water partition coefficient (Wildman–Crippen LogP) is 1.86. The Kier molecular flexibility index (Phi) is 8.34. The summed E-state index contributed by atoms with van der Waals surface area (Å²) in [7, 11) is 2.50. The number of rotatable bonds is 9. The lowest BCUT2D eigenvalue weighted by atomic mass is 10.0. The van der Waals surface area contributed by atoms with Crippen molar-refractivity contribution in [1.82, 2.24) is 24.3 Å². The van der Waals surface area contributed by atoms with Crippen LogP contribution in [-0.4, -0.2) is 79.2 Å². The lowest BCUT2D eigenvalue weighted by Gasteiger charge is -2.12. The molecule has 1 heterocycles. The molecule has 0 aliphatic heterocycles. The molecule has 0 bridgehead atoms. The molecule has 1 aromatic heterocycles. The molecular weight excluding hydrogens is 453 g/mol. The SMILES string of the molecule is Cc1c(Cc2ccc(S(=O)(=O)N(C)C)cc2)c(C(=O)N(C)C)nn1C/C(F)=C/CNC(=O)O. The van der Waals surface area contributed by atoms with Gasteiger partial charge in [-0.25, -0.2) is 21.9 Å². The molecule has 2 rings (SSSR count). The van der Waals surface area contributed by atoms with E-state index < -0.39 is 21.9 Å². The zero-order valence-electron chi connectivity index (χ0n) is 19.2. The zero-order valence-corrected chi connectivity index (χ0v) is 20.0. The molecule has 0 unspecified atom stereocenters. The molecule has 0 spiro atoms. The summed E-state index contributed by atoms with van der Waals surface area (Å²) in [5.41, 5.74) is 2.08. The molecule has 0 radical (unpaired) electrons. The van der Waals surface area contributed by atoms with Gasteiger partial charge in [0.25, 0.3) is 5.91 Å². The van der Waals surface area contributed by atoms with Gasteiger partial charge in [-0.15, -0.1) is 0 Å². The molecule has 12 heteroatoms. The number of nitrogens with zero attached hydrogens (tertiary/aromatic N) is 4. The smallest absolute Gasteiger partial charge is 0.404 e. The Balaban J connectivity index is 2.37. The van der Waals surface area contributed by atoms with Crippen LogP contribution >= 0.6 is 0 Å². The van der Waals surface area contributed by atoms with Crippen LogP contribution in [0.2, 0.25) is 0 Å². The van der Waals surface area contributed by atoms with Gasteiger partial charge in [0.2, 0.25) is 10.0 Å². The highest BCUT2D eigenvalue weighted by Gasteiger charge is 2.23. The van der Waals surface area contributed by atoms with Gasteiger partial charge in [0, 0.05) is 52.4 Å². The monoisotopic (exact) mass is 481 g/mol. The average Bonchev–Trinajstić information content (AvgIpc) is 3.02. The summed E-state index contributed by atoms with van der Waals surface area (Å²) < 4.78 is 41.3. The van der Waals surface area contributed by atoms with Gasteiger partial charge in [-0.1, -0.05) is 12.1 Å². The van der Waals surface area contributed by atoms with Gasteiger partial charge in [-0.05, 0) is 30.7 Å². The van der Waals surface area contributed by atoms with Crippen LogP contribution in [0.15, 0.2) is 41.1 Å². The Bertz CT molecular complexity index is 1150. The molecular formula is C21H28FN5O5S. The Morgan fingerprint density at radius 2 is 1.79 bits per heavy atom. The molecule has 0 atom stereocenters. The number of halogens is 1. The van der Waals surface area contributed by atoms with Crippen LogP contribution < -0.4 is 5.32 Å². The summed E-state index contributed by atoms with van der Waals surface area (Å²) >= 11 is 0. The largest absolute Gasteiger partial charge is 0.465 e. The maximum Gasteiger partial charge on any atom is 0.404 e. The molecule has 33 heavy (non-hydrogen) atoms. The molecule has 0 aliphatic carbocycles. The minimum atomic E-state index is -3.56. The quantitative estimate of drug-likeness (QED) is 0.563. The van der Waals surface area contributed by atoms with Crippen molar-refractivity contribution in [3.8, 4) is 0 Å².